The number of nitrogens with zero attached hydrogens (tertiary/aromatic N) is 4. The van der Waals surface area contributed by atoms with Gasteiger partial charge in [0.25, 0.3) is 0 Å². The van der Waals surface area contributed by atoms with Crippen LogP contribution in [0.25, 0.3) is 88.1 Å². The van der Waals surface area contributed by atoms with Crippen molar-refractivity contribution in [1.29, 1.82) is 10.5 Å². The second-order valence-corrected chi connectivity index (χ2v) is 12.4. The van der Waals surface area contributed by atoms with Gasteiger partial charge in [0.1, 0.15) is 11.2 Å². The van der Waals surface area contributed by atoms with E-state index in [1.807, 2.05) is 18.2 Å². The third-order valence-corrected chi connectivity index (χ3v) is 9.80. The van der Waals surface area contributed by atoms with Crippen molar-refractivity contribution in [1.82, 2.24) is 9.13 Å². The summed E-state index contributed by atoms with van der Waals surface area (Å²) in [6, 6.07) is 54.3. The Morgan fingerprint density at radius 2 is 1.10 bits per heavy atom. The van der Waals surface area contributed by atoms with Crippen molar-refractivity contribution < 1.29 is 4.42 Å². The Hall–Kier alpha value is -7.08. The predicted molar refractivity (Wildman–Crippen MR) is 197 cm³/mol. The van der Waals surface area contributed by atoms with Crippen LogP contribution in [0, 0.1) is 22.7 Å². The van der Waals surface area contributed by atoms with E-state index in [2.05, 4.69) is 143 Å². The summed E-state index contributed by atoms with van der Waals surface area (Å²) in [5, 5.41) is 26.3. The first kappa shape index (κ1) is 27.1. The Labute approximate surface area is 280 Å². The van der Waals surface area contributed by atoms with Gasteiger partial charge in [0, 0.05) is 38.3 Å². The van der Waals surface area contributed by atoms with Crippen LogP contribution in [-0.4, -0.2) is 9.13 Å². The molecular formula is C44H24N4O. The lowest BCUT2D eigenvalue weighted by molar-refractivity contribution is 0.673. The molecule has 5 nitrogen and oxygen atoms in total. The van der Waals surface area contributed by atoms with E-state index < -0.39 is 0 Å². The van der Waals surface area contributed by atoms with Crippen LogP contribution in [0.3, 0.4) is 0 Å². The molecule has 0 bridgehead atoms. The highest BCUT2D eigenvalue weighted by molar-refractivity contribution is 6.24. The molecule has 0 saturated heterocycles. The Morgan fingerprint density at radius 1 is 0.469 bits per heavy atom. The van der Waals surface area contributed by atoms with Crippen molar-refractivity contribution in [3.8, 4) is 34.6 Å². The molecule has 226 valence electrons. The number of hydrogen-bond acceptors (Lipinski definition) is 3. The maximum absolute atomic E-state index is 10.3. The molecule has 7 aromatic carbocycles. The lowest BCUT2D eigenvalue weighted by Gasteiger charge is -2.12. The van der Waals surface area contributed by atoms with Gasteiger partial charge >= 0.3 is 0 Å². The highest BCUT2D eigenvalue weighted by atomic mass is 16.3. The fraction of sp³-hybridized carbons (Fsp3) is 0. The molecule has 0 saturated carbocycles. The molecule has 3 heterocycles. The molecule has 0 radical (unpaired) electrons. The average molecular weight is 625 g/mol. The number of fused-ring (bicyclic) bond motifs is 10. The SMILES string of the molecule is N#Cc1ccc2oc3c(ccc4c3c3ccccc3n4-c3ccc(-c4ccc(-n5c6ccccc6c6ccccc65)cc4C#N)cc3)c2c1. The van der Waals surface area contributed by atoms with Crippen LogP contribution in [0.1, 0.15) is 11.1 Å². The van der Waals surface area contributed by atoms with Crippen LogP contribution in [0.15, 0.2) is 150 Å². The summed E-state index contributed by atoms with van der Waals surface area (Å²) in [6.07, 6.45) is 0. The van der Waals surface area contributed by atoms with Crippen molar-refractivity contribution in [2.75, 3.05) is 0 Å². The molecule has 0 unspecified atom stereocenters. The third-order valence-electron chi connectivity index (χ3n) is 9.80. The molecule has 0 N–H and O–H groups in total. The third kappa shape index (κ3) is 3.85. The van der Waals surface area contributed by atoms with Gasteiger partial charge in [-0.1, -0.05) is 72.8 Å². The topological polar surface area (TPSA) is 70.6 Å². The molecule has 0 spiro atoms. The zero-order chi connectivity index (χ0) is 32.6. The van der Waals surface area contributed by atoms with Gasteiger partial charge in [0.05, 0.1) is 50.7 Å². The zero-order valence-corrected chi connectivity index (χ0v) is 26.1. The van der Waals surface area contributed by atoms with Crippen LogP contribution in [-0.2, 0) is 0 Å². The summed E-state index contributed by atoms with van der Waals surface area (Å²) < 4.78 is 11.0. The fourth-order valence-electron chi connectivity index (χ4n) is 7.64. The van der Waals surface area contributed by atoms with Gasteiger partial charge in [0.2, 0.25) is 0 Å². The molecule has 0 fully saturated rings. The lowest BCUT2D eigenvalue weighted by atomic mass is 9.99. The van der Waals surface area contributed by atoms with Crippen molar-refractivity contribution in [3.63, 3.8) is 0 Å². The van der Waals surface area contributed by atoms with Gasteiger partial charge in [-0.2, -0.15) is 10.5 Å². The van der Waals surface area contributed by atoms with E-state index in [9.17, 15) is 10.5 Å². The fourth-order valence-corrected chi connectivity index (χ4v) is 7.64. The molecule has 49 heavy (non-hydrogen) atoms. The summed E-state index contributed by atoms with van der Waals surface area (Å²) >= 11 is 0. The van der Waals surface area contributed by atoms with E-state index in [0.717, 1.165) is 77.3 Å². The zero-order valence-electron chi connectivity index (χ0n) is 26.1. The minimum absolute atomic E-state index is 0.610. The smallest absolute Gasteiger partial charge is 0.145 e. The second kappa shape index (κ2) is 10.2. The second-order valence-electron chi connectivity index (χ2n) is 12.4. The Balaban J connectivity index is 1.10. The molecule has 3 aromatic heterocycles. The Morgan fingerprint density at radius 3 is 1.80 bits per heavy atom. The monoisotopic (exact) mass is 624 g/mol. The maximum atomic E-state index is 10.3. The van der Waals surface area contributed by atoms with Crippen LogP contribution in [0.2, 0.25) is 0 Å². The van der Waals surface area contributed by atoms with Gasteiger partial charge in [-0.25, -0.2) is 0 Å². The normalized spacial score (nSPS) is 11.6. The van der Waals surface area contributed by atoms with Crippen molar-refractivity contribution >= 4 is 65.6 Å². The highest BCUT2D eigenvalue weighted by Crippen LogP contribution is 2.41. The Bertz CT molecular complexity index is 3020. The number of rotatable bonds is 3. The van der Waals surface area contributed by atoms with Gasteiger partial charge in [0.15, 0.2) is 0 Å². The number of aromatic nitrogens is 2. The molecule has 5 heteroatoms. The number of furan rings is 1. The first-order valence-corrected chi connectivity index (χ1v) is 16.1. The minimum atomic E-state index is 0.610. The van der Waals surface area contributed by atoms with Gasteiger partial charge in [-0.3, -0.25) is 0 Å². The van der Waals surface area contributed by atoms with Crippen LogP contribution < -0.4 is 0 Å². The van der Waals surface area contributed by atoms with Gasteiger partial charge in [-0.05, 0) is 83.9 Å². The maximum Gasteiger partial charge on any atom is 0.145 e. The largest absolute Gasteiger partial charge is 0.455 e. The molecule has 0 aliphatic carbocycles. The highest BCUT2D eigenvalue weighted by Gasteiger charge is 2.19. The predicted octanol–water partition coefficient (Wildman–Crippen LogP) is 11.2. The van der Waals surface area contributed by atoms with Crippen LogP contribution >= 0.6 is 0 Å². The molecule has 0 amide bonds. The summed E-state index contributed by atoms with van der Waals surface area (Å²) in [5.74, 6) is 0. The van der Waals surface area contributed by atoms with Crippen molar-refractivity contribution in [3.05, 3.63) is 157 Å². The number of para-hydroxylation sites is 3. The van der Waals surface area contributed by atoms with Crippen LogP contribution in [0.4, 0.5) is 0 Å². The summed E-state index contributed by atoms with van der Waals surface area (Å²) in [4.78, 5) is 0. The Kier molecular flexibility index (Phi) is 5.64. The first-order valence-electron chi connectivity index (χ1n) is 16.1. The molecule has 0 aliphatic heterocycles. The summed E-state index contributed by atoms with van der Waals surface area (Å²) in [6.45, 7) is 0. The van der Waals surface area contributed by atoms with E-state index in [-0.39, 0.29) is 0 Å². The summed E-state index contributed by atoms with van der Waals surface area (Å²) in [5.41, 5.74) is 11.0. The molecule has 10 rings (SSSR count). The number of nitriles is 2. The van der Waals surface area contributed by atoms with Crippen molar-refractivity contribution in [2.24, 2.45) is 0 Å². The molecule has 0 aliphatic rings. The van der Waals surface area contributed by atoms with Crippen LogP contribution in [0.5, 0.6) is 0 Å². The number of hydrogen-bond donors (Lipinski definition) is 0. The molecule has 0 atom stereocenters. The standard InChI is InChI=1S/C44H24N4O/c45-25-27-13-22-42-37(23-27)35-20-21-41-43(44(35)49-42)36-9-3-6-12-40(36)47(41)30-16-14-28(15-17-30)32-19-18-31(24-29(32)26-46)48-38-10-4-1-7-33(38)34-8-2-5-11-39(34)48/h1-24H. The van der Waals surface area contributed by atoms with E-state index >= 15 is 0 Å². The van der Waals surface area contributed by atoms with Crippen molar-refractivity contribution in [2.45, 2.75) is 0 Å². The van der Waals surface area contributed by atoms with Gasteiger partial charge in [-0.15, -0.1) is 0 Å². The van der Waals surface area contributed by atoms with E-state index in [1.165, 1.54) is 10.8 Å². The van der Waals surface area contributed by atoms with E-state index in [4.69, 9.17) is 4.42 Å². The summed E-state index contributed by atoms with van der Waals surface area (Å²) in [7, 11) is 0. The average Bonchev–Trinajstić information content (AvgIpc) is 3.82. The van der Waals surface area contributed by atoms with Gasteiger partial charge < -0.3 is 13.6 Å². The number of benzene rings is 7. The minimum Gasteiger partial charge on any atom is -0.455 e. The molecular weight excluding hydrogens is 601 g/mol. The quantitative estimate of drug-likeness (QED) is 0.196. The first-order chi connectivity index (χ1) is 24.2. The lowest BCUT2D eigenvalue weighted by Crippen LogP contribution is -1.96. The molecule has 10 aromatic rings. The van der Waals surface area contributed by atoms with E-state index in [1.54, 1.807) is 6.07 Å². The van der Waals surface area contributed by atoms with E-state index in [0.29, 0.717) is 11.1 Å².